The summed E-state index contributed by atoms with van der Waals surface area (Å²) in [7, 11) is 0. The zero-order valence-electron chi connectivity index (χ0n) is 14.9. The molecule has 1 unspecified atom stereocenters. The van der Waals surface area contributed by atoms with E-state index in [1.54, 1.807) is 0 Å². The molecule has 1 fully saturated rings. The van der Waals surface area contributed by atoms with E-state index in [4.69, 9.17) is 0 Å². The van der Waals surface area contributed by atoms with Crippen molar-refractivity contribution >= 4 is 16.8 Å². The third-order valence-corrected chi connectivity index (χ3v) is 5.90. The smallest absolute Gasteiger partial charge is 0.223 e. The quantitative estimate of drug-likeness (QED) is 0.742. The first-order chi connectivity index (χ1) is 12.8. The van der Waals surface area contributed by atoms with Crippen molar-refractivity contribution in [1.29, 1.82) is 0 Å². The highest BCUT2D eigenvalue weighted by Gasteiger charge is 2.38. The lowest BCUT2D eigenvalue weighted by molar-refractivity contribution is -0.134. The number of nitrogens with one attached hydrogen (secondary N) is 2. The molecule has 134 valence electrons. The van der Waals surface area contributed by atoms with Crippen molar-refractivity contribution in [2.45, 2.75) is 57.0 Å². The van der Waals surface area contributed by atoms with Crippen LogP contribution in [0.5, 0.6) is 0 Å². The number of aryl methyl sites for hydroxylation is 2. The van der Waals surface area contributed by atoms with Gasteiger partial charge in [0.25, 0.3) is 0 Å². The molecule has 2 aromatic heterocycles. The van der Waals surface area contributed by atoms with E-state index in [0.29, 0.717) is 24.4 Å². The third kappa shape index (κ3) is 2.81. The first-order valence-corrected chi connectivity index (χ1v) is 9.67. The fourth-order valence-corrected chi connectivity index (χ4v) is 4.40. The molecule has 5 rings (SSSR count). The van der Waals surface area contributed by atoms with Gasteiger partial charge in [-0.3, -0.25) is 9.89 Å². The molecule has 0 radical (unpaired) electrons. The largest absolute Gasteiger partial charge is 0.361 e. The zero-order chi connectivity index (χ0) is 17.5. The van der Waals surface area contributed by atoms with Crippen LogP contribution in [0.3, 0.4) is 0 Å². The number of aromatic amines is 2. The minimum absolute atomic E-state index is 0.315. The van der Waals surface area contributed by atoms with Gasteiger partial charge in [0.2, 0.25) is 5.91 Å². The summed E-state index contributed by atoms with van der Waals surface area (Å²) < 4.78 is 0. The van der Waals surface area contributed by atoms with Crippen LogP contribution in [0.15, 0.2) is 36.7 Å². The average Bonchev–Trinajstić information content (AvgIpc) is 3.23. The number of amides is 1. The van der Waals surface area contributed by atoms with E-state index in [1.807, 2.05) is 12.3 Å². The van der Waals surface area contributed by atoms with Gasteiger partial charge in [0.1, 0.15) is 0 Å². The van der Waals surface area contributed by atoms with Crippen LogP contribution in [0.1, 0.15) is 42.5 Å². The monoisotopic (exact) mass is 348 g/mol. The molecule has 0 bridgehead atoms. The maximum Gasteiger partial charge on any atom is 0.223 e. The molecule has 1 aromatic carbocycles. The number of benzene rings is 1. The van der Waals surface area contributed by atoms with Crippen LogP contribution in [0.4, 0.5) is 0 Å². The van der Waals surface area contributed by atoms with E-state index < -0.39 is 0 Å². The van der Waals surface area contributed by atoms with E-state index in [0.717, 1.165) is 44.0 Å². The second kappa shape index (κ2) is 6.31. The fraction of sp³-hybridized carbons (Fsp3) is 0.429. The van der Waals surface area contributed by atoms with Crippen LogP contribution in [-0.4, -0.2) is 38.1 Å². The van der Waals surface area contributed by atoms with Crippen molar-refractivity contribution in [3.63, 3.8) is 0 Å². The Morgan fingerprint density at radius 1 is 1.19 bits per heavy atom. The zero-order valence-corrected chi connectivity index (χ0v) is 14.9. The SMILES string of the molecule is O=C(CCc1c[nH]c2ccccc12)N(C1CC1)C1CCc2[nH]ncc2C1. The first kappa shape index (κ1) is 15.7. The summed E-state index contributed by atoms with van der Waals surface area (Å²) >= 11 is 0. The second-order valence-corrected chi connectivity index (χ2v) is 7.66. The van der Waals surface area contributed by atoms with Crippen molar-refractivity contribution in [1.82, 2.24) is 20.1 Å². The lowest BCUT2D eigenvalue weighted by Crippen LogP contribution is -2.44. The number of carbonyl (C=O) groups is 1. The number of para-hydroxylation sites is 1. The van der Waals surface area contributed by atoms with Crippen LogP contribution >= 0.6 is 0 Å². The molecule has 2 heterocycles. The Hall–Kier alpha value is -2.56. The maximum atomic E-state index is 13.1. The molecule has 1 amide bonds. The number of aromatic nitrogens is 3. The second-order valence-electron chi connectivity index (χ2n) is 7.66. The van der Waals surface area contributed by atoms with Crippen LogP contribution < -0.4 is 0 Å². The molecular weight excluding hydrogens is 324 g/mol. The first-order valence-electron chi connectivity index (χ1n) is 9.67. The predicted octanol–water partition coefficient (Wildman–Crippen LogP) is 3.37. The molecule has 26 heavy (non-hydrogen) atoms. The van der Waals surface area contributed by atoms with Gasteiger partial charge < -0.3 is 9.88 Å². The minimum atomic E-state index is 0.315. The number of H-pyrrole nitrogens is 2. The standard InChI is InChI=1S/C21H24N4O/c26-21(10-5-14-12-22-20-4-2-1-3-18(14)20)25(16-6-7-16)17-8-9-19-15(11-17)13-23-24-19/h1-4,12-13,16-17,22H,5-11H2,(H,23,24). The number of rotatable bonds is 5. The Morgan fingerprint density at radius 3 is 2.96 bits per heavy atom. The minimum Gasteiger partial charge on any atom is -0.361 e. The van der Waals surface area contributed by atoms with Gasteiger partial charge in [-0.05, 0) is 55.7 Å². The number of nitrogens with zero attached hydrogens (tertiary/aromatic N) is 2. The summed E-state index contributed by atoms with van der Waals surface area (Å²) in [6.07, 6.45) is 10.7. The Balaban J connectivity index is 1.30. The van der Waals surface area contributed by atoms with Gasteiger partial charge in [-0.15, -0.1) is 0 Å². The lowest BCUT2D eigenvalue weighted by atomic mass is 9.92. The van der Waals surface area contributed by atoms with E-state index in [1.165, 1.54) is 22.2 Å². The summed E-state index contributed by atoms with van der Waals surface area (Å²) in [5, 5.41) is 8.50. The van der Waals surface area contributed by atoms with Crippen molar-refractivity contribution < 1.29 is 4.79 Å². The number of hydrogen-bond acceptors (Lipinski definition) is 2. The van der Waals surface area contributed by atoms with Gasteiger partial charge in [0.05, 0.1) is 6.20 Å². The highest BCUT2D eigenvalue weighted by Crippen LogP contribution is 2.34. The normalized spacial score (nSPS) is 19.5. The van der Waals surface area contributed by atoms with E-state index in [-0.39, 0.29) is 0 Å². The number of hydrogen-bond donors (Lipinski definition) is 2. The summed E-state index contributed by atoms with van der Waals surface area (Å²) in [5.41, 5.74) is 4.93. The lowest BCUT2D eigenvalue weighted by Gasteiger charge is -2.34. The van der Waals surface area contributed by atoms with E-state index in [2.05, 4.69) is 44.5 Å². The topological polar surface area (TPSA) is 64.8 Å². The average molecular weight is 348 g/mol. The van der Waals surface area contributed by atoms with Crippen LogP contribution in [-0.2, 0) is 24.1 Å². The molecule has 5 heteroatoms. The van der Waals surface area contributed by atoms with E-state index in [9.17, 15) is 4.79 Å². The fourth-order valence-electron chi connectivity index (χ4n) is 4.40. The molecule has 1 saturated carbocycles. The van der Waals surface area contributed by atoms with Gasteiger partial charge >= 0.3 is 0 Å². The maximum absolute atomic E-state index is 13.1. The Bertz CT molecular complexity index is 936. The van der Waals surface area contributed by atoms with Crippen LogP contribution in [0.2, 0.25) is 0 Å². The van der Waals surface area contributed by atoms with Crippen molar-refractivity contribution in [2.24, 2.45) is 0 Å². The van der Waals surface area contributed by atoms with Crippen LogP contribution in [0, 0.1) is 0 Å². The molecule has 1 atom stereocenters. The Kier molecular flexibility index (Phi) is 3.80. The molecule has 0 aliphatic heterocycles. The summed E-state index contributed by atoms with van der Waals surface area (Å²) in [5.74, 6) is 0.315. The summed E-state index contributed by atoms with van der Waals surface area (Å²) in [6, 6.07) is 9.11. The molecule has 2 aliphatic carbocycles. The van der Waals surface area contributed by atoms with Crippen molar-refractivity contribution in [3.05, 3.63) is 53.5 Å². The molecule has 0 spiro atoms. The molecule has 5 nitrogen and oxygen atoms in total. The Morgan fingerprint density at radius 2 is 2.08 bits per heavy atom. The van der Waals surface area contributed by atoms with Gasteiger partial charge in [-0.25, -0.2) is 0 Å². The van der Waals surface area contributed by atoms with E-state index >= 15 is 0 Å². The molecule has 2 aliphatic rings. The summed E-state index contributed by atoms with van der Waals surface area (Å²) in [4.78, 5) is 18.6. The third-order valence-electron chi connectivity index (χ3n) is 5.90. The molecule has 0 saturated heterocycles. The number of fused-ring (bicyclic) bond motifs is 2. The number of carbonyl (C=O) groups excluding carboxylic acids is 1. The summed E-state index contributed by atoms with van der Waals surface area (Å²) in [6.45, 7) is 0. The molecule has 3 aromatic rings. The highest BCUT2D eigenvalue weighted by atomic mass is 16.2. The van der Waals surface area contributed by atoms with Crippen LogP contribution in [0.25, 0.3) is 10.9 Å². The van der Waals surface area contributed by atoms with Gasteiger partial charge in [0, 0.05) is 41.3 Å². The van der Waals surface area contributed by atoms with Gasteiger partial charge in [-0.1, -0.05) is 18.2 Å². The van der Waals surface area contributed by atoms with Gasteiger partial charge in [0.15, 0.2) is 0 Å². The van der Waals surface area contributed by atoms with Gasteiger partial charge in [-0.2, -0.15) is 5.10 Å². The molecular formula is C21H24N4O. The van der Waals surface area contributed by atoms with Crippen molar-refractivity contribution in [3.8, 4) is 0 Å². The molecule has 2 N–H and O–H groups in total. The Labute approximate surface area is 152 Å². The highest BCUT2D eigenvalue weighted by molar-refractivity contribution is 5.84. The predicted molar refractivity (Wildman–Crippen MR) is 101 cm³/mol. The van der Waals surface area contributed by atoms with Crippen molar-refractivity contribution in [2.75, 3.05) is 0 Å².